The van der Waals surface area contributed by atoms with Crippen LogP contribution in [0.1, 0.15) is 32.1 Å². The summed E-state index contributed by atoms with van der Waals surface area (Å²) < 4.78 is 14.2. The molecule has 2 atom stereocenters. The Labute approximate surface area is 116 Å². The highest BCUT2D eigenvalue weighted by Crippen LogP contribution is 2.38. The van der Waals surface area contributed by atoms with Crippen LogP contribution in [0.2, 0.25) is 0 Å². The Balaban J connectivity index is 1.94. The standard InChI is InChI=1S/C14H18FN3O2/c15-13-8-12(18(19)20)4-5-14(13)17-10-2-1-3-11(17)7-9(16)6-10/h4-5,8-11H,1-3,6-7,16H2. The lowest BCUT2D eigenvalue weighted by molar-refractivity contribution is -0.385. The molecule has 108 valence electrons. The lowest BCUT2D eigenvalue weighted by Gasteiger charge is -2.49. The van der Waals surface area contributed by atoms with Crippen molar-refractivity contribution in [2.24, 2.45) is 5.73 Å². The number of non-ortho nitro benzene ring substituents is 1. The molecule has 2 fully saturated rings. The van der Waals surface area contributed by atoms with E-state index in [2.05, 4.69) is 4.90 Å². The maximum Gasteiger partial charge on any atom is 0.272 e. The number of fused-ring (bicyclic) bond motifs is 2. The Kier molecular flexibility index (Phi) is 3.33. The molecule has 3 rings (SSSR count). The zero-order chi connectivity index (χ0) is 14.3. The quantitative estimate of drug-likeness (QED) is 0.667. The molecule has 2 bridgehead atoms. The lowest BCUT2D eigenvalue weighted by atomic mass is 9.81. The minimum atomic E-state index is -0.570. The highest BCUT2D eigenvalue weighted by atomic mass is 19.1. The van der Waals surface area contributed by atoms with E-state index in [9.17, 15) is 14.5 Å². The Morgan fingerprint density at radius 2 is 1.95 bits per heavy atom. The van der Waals surface area contributed by atoms with Gasteiger partial charge in [-0.25, -0.2) is 4.39 Å². The third-order valence-electron chi connectivity index (χ3n) is 4.43. The molecule has 2 saturated heterocycles. The van der Waals surface area contributed by atoms with E-state index in [1.807, 2.05) is 0 Å². The van der Waals surface area contributed by atoms with Crippen LogP contribution >= 0.6 is 0 Å². The molecule has 2 N–H and O–H groups in total. The van der Waals surface area contributed by atoms with Crippen LogP contribution in [-0.4, -0.2) is 23.0 Å². The highest BCUT2D eigenvalue weighted by Gasteiger charge is 2.38. The SMILES string of the molecule is NC1CC2CCCC(C1)N2c1ccc([N+](=O)[O-])cc1F. The van der Waals surface area contributed by atoms with Crippen molar-refractivity contribution >= 4 is 11.4 Å². The smallest absolute Gasteiger partial charge is 0.272 e. The first-order valence-electron chi connectivity index (χ1n) is 7.04. The van der Waals surface area contributed by atoms with Gasteiger partial charge in [-0.05, 0) is 38.2 Å². The number of anilines is 1. The molecular formula is C14H18FN3O2. The number of halogens is 1. The van der Waals surface area contributed by atoms with Crippen molar-refractivity contribution in [1.29, 1.82) is 0 Å². The van der Waals surface area contributed by atoms with Crippen LogP contribution in [0.3, 0.4) is 0 Å². The summed E-state index contributed by atoms with van der Waals surface area (Å²) in [6.07, 6.45) is 4.91. The van der Waals surface area contributed by atoms with Crippen LogP contribution in [0.15, 0.2) is 18.2 Å². The summed E-state index contributed by atoms with van der Waals surface area (Å²) in [5.74, 6) is -0.508. The van der Waals surface area contributed by atoms with Gasteiger partial charge in [0.1, 0.15) is 0 Å². The summed E-state index contributed by atoms with van der Waals surface area (Å²) in [5, 5.41) is 10.7. The Hall–Kier alpha value is -1.69. The topological polar surface area (TPSA) is 72.4 Å². The largest absolute Gasteiger partial charge is 0.363 e. The van der Waals surface area contributed by atoms with E-state index < -0.39 is 10.7 Å². The first-order valence-corrected chi connectivity index (χ1v) is 7.04. The molecule has 2 unspecified atom stereocenters. The van der Waals surface area contributed by atoms with Crippen molar-refractivity contribution in [3.63, 3.8) is 0 Å². The maximum absolute atomic E-state index is 14.2. The summed E-state index contributed by atoms with van der Waals surface area (Å²) in [6, 6.07) is 4.63. The fourth-order valence-corrected chi connectivity index (χ4v) is 3.64. The third-order valence-corrected chi connectivity index (χ3v) is 4.43. The molecule has 0 saturated carbocycles. The Morgan fingerprint density at radius 3 is 2.50 bits per heavy atom. The third kappa shape index (κ3) is 2.24. The maximum atomic E-state index is 14.2. The molecule has 2 heterocycles. The number of piperidine rings is 2. The van der Waals surface area contributed by atoms with Gasteiger partial charge >= 0.3 is 0 Å². The van der Waals surface area contributed by atoms with E-state index in [-0.39, 0.29) is 23.8 Å². The van der Waals surface area contributed by atoms with Crippen molar-refractivity contribution in [1.82, 2.24) is 0 Å². The number of nitro groups is 1. The zero-order valence-corrected chi connectivity index (χ0v) is 11.2. The number of nitro benzene ring substituents is 1. The summed E-state index contributed by atoms with van der Waals surface area (Å²) in [5.41, 5.74) is 6.34. The van der Waals surface area contributed by atoms with Gasteiger partial charge in [0.15, 0.2) is 5.82 Å². The van der Waals surface area contributed by atoms with Crippen LogP contribution in [0.25, 0.3) is 0 Å². The average Bonchev–Trinajstić information content (AvgIpc) is 2.38. The van der Waals surface area contributed by atoms with E-state index in [0.29, 0.717) is 5.69 Å². The molecule has 0 spiro atoms. The monoisotopic (exact) mass is 279 g/mol. The molecule has 0 aliphatic carbocycles. The average molecular weight is 279 g/mol. The summed E-state index contributed by atoms with van der Waals surface area (Å²) >= 11 is 0. The number of nitrogens with zero attached hydrogens (tertiary/aromatic N) is 2. The summed E-state index contributed by atoms with van der Waals surface area (Å²) in [4.78, 5) is 12.2. The first-order chi connectivity index (χ1) is 9.56. The fourth-order valence-electron chi connectivity index (χ4n) is 3.64. The first kappa shape index (κ1) is 13.3. The van der Waals surface area contributed by atoms with Gasteiger partial charge in [-0.1, -0.05) is 0 Å². The van der Waals surface area contributed by atoms with Crippen LogP contribution in [-0.2, 0) is 0 Å². The minimum Gasteiger partial charge on any atom is -0.363 e. The number of hydrogen-bond donors (Lipinski definition) is 1. The van der Waals surface area contributed by atoms with Gasteiger partial charge in [0.2, 0.25) is 0 Å². The van der Waals surface area contributed by atoms with Gasteiger partial charge < -0.3 is 10.6 Å². The molecule has 0 amide bonds. The van der Waals surface area contributed by atoms with Gasteiger partial charge in [-0.2, -0.15) is 0 Å². The number of nitrogens with two attached hydrogens (primary N) is 1. The van der Waals surface area contributed by atoms with Crippen molar-refractivity contribution in [3.05, 3.63) is 34.1 Å². The second-order valence-electron chi connectivity index (χ2n) is 5.77. The van der Waals surface area contributed by atoms with Crippen LogP contribution in [0.4, 0.5) is 15.8 Å². The van der Waals surface area contributed by atoms with E-state index in [4.69, 9.17) is 5.73 Å². The second-order valence-corrected chi connectivity index (χ2v) is 5.77. The molecule has 5 nitrogen and oxygen atoms in total. The van der Waals surface area contributed by atoms with Crippen LogP contribution in [0, 0.1) is 15.9 Å². The Morgan fingerprint density at radius 1 is 1.30 bits per heavy atom. The number of hydrogen-bond acceptors (Lipinski definition) is 4. The molecule has 2 aliphatic rings. The van der Waals surface area contributed by atoms with Crippen molar-refractivity contribution in [2.45, 2.75) is 50.2 Å². The second kappa shape index (κ2) is 5.01. The van der Waals surface area contributed by atoms with Gasteiger partial charge in [-0.3, -0.25) is 10.1 Å². The molecule has 0 aromatic heterocycles. The number of rotatable bonds is 2. The van der Waals surface area contributed by atoms with Crippen molar-refractivity contribution in [3.8, 4) is 0 Å². The van der Waals surface area contributed by atoms with E-state index >= 15 is 0 Å². The molecule has 0 radical (unpaired) electrons. The van der Waals surface area contributed by atoms with E-state index in [1.54, 1.807) is 0 Å². The number of benzene rings is 1. The summed E-state index contributed by atoms with van der Waals surface area (Å²) in [7, 11) is 0. The predicted molar refractivity (Wildman–Crippen MR) is 74.2 cm³/mol. The molecule has 6 heteroatoms. The van der Waals surface area contributed by atoms with Crippen LogP contribution < -0.4 is 10.6 Å². The summed E-state index contributed by atoms with van der Waals surface area (Å²) in [6.45, 7) is 0. The van der Waals surface area contributed by atoms with Crippen molar-refractivity contribution in [2.75, 3.05) is 4.90 Å². The highest BCUT2D eigenvalue weighted by molar-refractivity contribution is 5.54. The molecule has 2 aliphatic heterocycles. The Bertz CT molecular complexity index is 523. The van der Waals surface area contributed by atoms with Gasteiger partial charge in [-0.15, -0.1) is 0 Å². The van der Waals surface area contributed by atoms with Crippen LogP contribution in [0.5, 0.6) is 0 Å². The van der Waals surface area contributed by atoms with Gasteiger partial charge in [0.25, 0.3) is 5.69 Å². The molecular weight excluding hydrogens is 261 g/mol. The zero-order valence-electron chi connectivity index (χ0n) is 11.2. The normalized spacial score (nSPS) is 29.3. The van der Waals surface area contributed by atoms with E-state index in [1.165, 1.54) is 12.1 Å². The fraction of sp³-hybridized carbons (Fsp3) is 0.571. The molecule has 1 aromatic carbocycles. The molecule has 1 aromatic rings. The molecule has 20 heavy (non-hydrogen) atoms. The predicted octanol–water partition coefficient (Wildman–Crippen LogP) is 2.58. The lowest BCUT2D eigenvalue weighted by Crippen LogP contribution is -2.55. The minimum absolute atomic E-state index is 0.183. The van der Waals surface area contributed by atoms with Gasteiger partial charge in [0, 0.05) is 24.2 Å². The van der Waals surface area contributed by atoms with E-state index in [0.717, 1.165) is 38.2 Å². The van der Waals surface area contributed by atoms with Crippen molar-refractivity contribution < 1.29 is 9.31 Å². The van der Waals surface area contributed by atoms with Gasteiger partial charge in [0.05, 0.1) is 16.7 Å².